The van der Waals surface area contributed by atoms with Gasteiger partial charge in [-0.05, 0) is 58.2 Å². The summed E-state index contributed by atoms with van der Waals surface area (Å²) in [5.74, 6) is 0.886. The van der Waals surface area contributed by atoms with Gasteiger partial charge in [-0.1, -0.05) is 0 Å². The predicted octanol–water partition coefficient (Wildman–Crippen LogP) is 2.10. The molecule has 0 aliphatic carbocycles. The Bertz CT molecular complexity index is 748. The third kappa shape index (κ3) is 4.59. The van der Waals surface area contributed by atoms with E-state index in [0.29, 0.717) is 24.9 Å². The molecule has 3 saturated heterocycles. The van der Waals surface area contributed by atoms with Crippen molar-refractivity contribution in [2.75, 3.05) is 44.2 Å². The molecule has 164 valence electrons. The highest BCUT2D eigenvalue weighted by molar-refractivity contribution is 5.95. The number of anilines is 1. The van der Waals surface area contributed by atoms with E-state index in [0.717, 1.165) is 57.7 Å². The Labute approximate surface area is 178 Å². The Morgan fingerprint density at radius 1 is 1.20 bits per heavy atom. The lowest BCUT2D eigenvalue weighted by Gasteiger charge is -2.46. The molecule has 3 aliphatic heterocycles. The molecule has 4 rings (SSSR count). The van der Waals surface area contributed by atoms with Gasteiger partial charge in [-0.3, -0.25) is 9.69 Å². The molecule has 0 aromatic carbocycles. The van der Waals surface area contributed by atoms with Crippen LogP contribution < -0.4 is 15.0 Å². The van der Waals surface area contributed by atoms with Gasteiger partial charge in [-0.2, -0.15) is 0 Å². The minimum atomic E-state index is -0.320. The van der Waals surface area contributed by atoms with Crippen molar-refractivity contribution < 1.29 is 14.3 Å². The van der Waals surface area contributed by atoms with E-state index >= 15 is 0 Å². The molecule has 4 heterocycles. The van der Waals surface area contributed by atoms with Crippen molar-refractivity contribution in [2.24, 2.45) is 5.92 Å². The van der Waals surface area contributed by atoms with Crippen LogP contribution in [0.5, 0.6) is 5.88 Å². The summed E-state index contributed by atoms with van der Waals surface area (Å²) in [6.07, 6.45) is 4.91. The van der Waals surface area contributed by atoms with Gasteiger partial charge >= 0.3 is 6.09 Å². The van der Waals surface area contributed by atoms with Gasteiger partial charge in [-0.25, -0.2) is 9.78 Å². The predicted molar refractivity (Wildman–Crippen MR) is 115 cm³/mol. The normalized spacial score (nSPS) is 24.0. The second-order valence-corrected chi connectivity index (χ2v) is 8.81. The van der Waals surface area contributed by atoms with Gasteiger partial charge in [0, 0.05) is 44.7 Å². The van der Waals surface area contributed by atoms with Crippen LogP contribution in [0.1, 0.15) is 39.5 Å². The first-order valence-electron chi connectivity index (χ1n) is 11.2. The topological polar surface area (TPSA) is 78.0 Å². The summed E-state index contributed by atoms with van der Waals surface area (Å²) in [6.45, 7) is 9.57. The lowest BCUT2D eigenvalue weighted by atomic mass is 9.87. The van der Waals surface area contributed by atoms with Crippen LogP contribution in [0, 0.1) is 5.92 Å². The van der Waals surface area contributed by atoms with E-state index in [9.17, 15) is 9.59 Å². The van der Waals surface area contributed by atoms with Gasteiger partial charge in [0.15, 0.2) is 0 Å². The van der Waals surface area contributed by atoms with Crippen molar-refractivity contribution in [2.45, 2.75) is 51.6 Å². The summed E-state index contributed by atoms with van der Waals surface area (Å²) >= 11 is 0. The van der Waals surface area contributed by atoms with E-state index in [1.807, 2.05) is 4.90 Å². The van der Waals surface area contributed by atoms with E-state index in [1.54, 1.807) is 23.2 Å². The minimum Gasteiger partial charge on any atom is -0.391 e. The van der Waals surface area contributed by atoms with Crippen molar-refractivity contribution >= 4 is 17.7 Å². The molecule has 1 aromatic heterocycles. The summed E-state index contributed by atoms with van der Waals surface area (Å²) in [5, 5.41) is 3.42. The first kappa shape index (κ1) is 21.1. The Morgan fingerprint density at radius 2 is 2.00 bits per heavy atom. The number of pyridine rings is 1. The third-order valence-corrected chi connectivity index (χ3v) is 6.64. The number of piperazine rings is 1. The zero-order chi connectivity index (χ0) is 21.1. The van der Waals surface area contributed by atoms with Gasteiger partial charge in [0.05, 0.1) is 17.9 Å². The SMILES string of the molecule is CC(C)N1CCN(C(=O)Oc2ccc(N3CCCC3=O)cn2)C(C2CCNCC2)C1. The molecule has 8 nitrogen and oxygen atoms in total. The molecule has 3 aliphatic rings. The van der Waals surface area contributed by atoms with Crippen molar-refractivity contribution in [1.82, 2.24) is 20.1 Å². The van der Waals surface area contributed by atoms with Crippen LogP contribution in [0.25, 0.3) is 0 Å². The molecule has 1 atom stereocenters. The lowest BCUT2D eigenvalue weighted by Crippen LogP contribution is -2.60. The summed E-state index contributed by atoms with van der Waals surface area (Å²) in [6, 6.07) is 4.12. The number of carbonyl (C=O) groups excluding carboxylic acids is 2. The Hall–Kier alpha value is -2.19. The highest BCUT2D eigenvalue weighted by Gasteiger charge is 2.38. The minimum absolute atomic E-state index is 0.120. The second kappa shape index (κ2) is 9.31. The van der Waals surface area contributed by atoms with Crippen LogP contribution in [-0.2, 0) is 4.79 Å². The molecule has 0 spiro atoms. The number of nitrogens with one attached hydrogen (secondary N) is 1. The maximum atomic E-state index is 13.1. The van der Waals surface area contributed by atoms with Crippen LogP contribution in [0.15, 0.2) is 18.3 Å². The van der Waals surface area contributed by atoms with E-state index in [4.69, 9.17) is 4.74 Å². The summed E-state index contributed by atoms with van der Waals surface area (Å²) in [4.78, 5) is 35.3. The molecule has 1 aromatic rings. The number of hydrogen-bond donors (Lipinski definition) is 1. The van der Waals surface area contributed by atoms with Crippen LogP contribution in [0.4, 0.5) is 10.5 Å². The van der Waals surface area contributed by atoms with Crippen molar-refractivity contribution in [3.63, 3.8) is 0 Å². The summed E-state index contributed by atoms with van der Waals surface area (Å²) in [7, 11) is 0. The summed E-state index contributed by atoms with van der Waals surface area (Å²) < 4.78 is 5.65. The number of amides is 2. The van der Waals surface area contributed by atoms with E-state index < -0.39 is 0 Å². The van der Waals surface area contributed by atoms with Crippen LogP contribution >= 0.6 is 0 Å². The Morgan fingerprint density at radius 3 is 2.63 bits per heavy atom. The van der Waals surface area contributed by atoms with Gasteiger partial charge in [-0.15, -0.1) is 0 Å². The maximum absolute atomic E-state index is 13.1. The largest absolute Gasteiger partial charge is 0.416 e. The number of rotatable bonds is 4. The Balaban J connectivity index is 1.43. The van der Waals surface area contributed by atoms with Gasteiger partial charge < -0.3 is 19.9 Å². The highest BCUT2D eigenvalue weighted by atomic mass is 16.6. The van der Waals surface area contributed by atoms with Crippen molar-refractivity contribution in [3.8, 4) is 5.88 Å². The number of hydrogen-bond acceptors (Lipinski definition) is 6. The third-order valence-electron chi connectivity index (χ3n) is 6.64. The van der Waals surface area contributed by atoms with Gasteiger partial charge in [0.1, 0.15) is 0 Å². The zero-order valence-corrected chi connectivity index (χ0v) is 18.0. The van der Waals surface area contributed by atoms with Crippen LogP contribution in [0.3, 0.4) is 0 Å². The van der Waals surface area contributed by atoms with Gasteiger partial charge in [0.2, 0.25) is 11.8 Å². The fourth-order valence-corrected chi connectivity index (χ4v) is 4.82. The van der Waals surface area contributed by atoms with Gasteiger partial charge in [0.25, 0.3) is 0 Å². The monoisotopic (exact) mass is 415 g/mol. The number of piperidine rings is 1. The van der Waals surface area contributed by atoms with Crippen LogP contribution in [-0.4, -0.2) is 78.1 Å². The summed E-state index contributed by atoms with van der Waals surface area (Å²) in [5.41, 5.74) is 0.760. The number of carbonyl (C=O) groups is 2. The molecule has 0 saturated carbocycles. The van der Waals surface area contributed by atoms with E-state index in [-0.39, 0.29) is 23.9 Å². The molecule has 30 heavy (non-hydrogen) atoms. The molecule has 3 fully saturated rings. The smallest absolute Gasteiger partial charge is 0.391 e. The number of aromatic nitrogens is 1. The first-order chi connectivity index (χ1) is 14.5. The average molecular weight is 416 g/mol. The molecule has 0 radical (unpaired) electrons. The van der Waals surface area contributed by atoms with Crippen molar-refractivity contribution in [3.05, 3.63) is 18.3 Å². The molecule has 1 unspecified atom stereocenters. The fourth-order valence-electron chi connectivity index (χ4n) is 4.82. The number of ether oxygens (including phenoxy) is 1. The lowest BCUT2D eigenvalue weighted by molar-refractivity contribution is -0.117. The molecule has 2 amide bonds. The average Bonchev–Trinajstić information content (AvgIpc) is 3.20. The standard InChI is InChI=1S/C22H33N5O3/c1-16(2)25-12-13-27(19(15-25)17-7-9-23-10-8-17)22(29)30-20-6-5-18(14-24-20)26-11-3-4-21(26)28/h5-6,14,16-17,19,23H,3-4,7-13,15H2,1-2H3. The molecule has 1 N–H and O–H groups in total. The molecular formula is C22H33N5O3. The number of nitrogens with zero attached hydrogens (tertiary/aromatic N) is 4. The van der Waals surface area contributed by atoms with Crippen molar-refractivity contribution in [1.29, 1.82) is 0 Å². The quantitative estimate of drug-likeness (QED) is 0.812. The zero-order valence-electron chi connectivity index (χ0n) is 18.0. The van der Waals surface area contributed by atoms with Crippen LogP contribution in [0.2, 0.25) is 0 Å². The maximum Gasteiger partial charge on any atom is 0.416 e. The highest BCUT2D eigenvalue weighted by Crippen LogP contribution is 2.27. The first-order valence-corrected chi connectivity index (χ1v) is 11.2. The molecule has 0 bridgehead atoms. The molecular weight excluding hydrogens is 382 g/mol. The second-order valence-electron chi connectivity index (χ2n) is 8.81. The van der Waals surface area contributed by atoms with E-state index in [2.05, 4.69) is 29.0 Å². The molecule has 8 heteroatoms. The van der Waals surface area contributed by atoms with E-state index in [1.165, 1.54) is 0 Å². The fraction of sp³-hybridized carbons (Fsp3) is 0.682. The Kier molecular flexibility index (Phi) is 6.53.